The van der Waals surface area contributed by atoms with E-state index in [4.69, 9.17) is 24.9 Å². The van der Waals surface area contributed by atoms with E-state index in [1.54, 1.807) is 25.2 Å². The molecule has 19 heteroatoms. The number of morpholine rings is 1. The lowest BCUT2D eigenvalue weighted by atomic mass is 10.0. The van der Waals surface area contributed by atoms with Crippen molar-refractivity contribution in [3.05, 3.63) is 184 Å². The van der Waals surface area contributed by atoms with E-state index in [0.29, 0.717) is 67.8 Å². The van der Waals surface area contributed by atoms with Gasteiger partial charge in [0.25, 0.3) is 5.91 Å². The zero-order valence-corrected chi connectivity index (χ0v) is 65.4. The van der Waals surface area contributed by atoms with E-state index in [0.717, 1.165) is 85.0 Å². The van der Waals surface area contributed by atoms with Crippen LogP contribution in [0.3, 0.4) is 0 Å². The monoisotopic (exact) mass is 1410 g/mol. The molecule has 18 nitrogen and oxygen atoms in total. The van der Waals surface area contributed by atoms with Crippen LogP contribution in [-0.4, -0.2) is 148 Å². The van der Waals surface area contributed by atoms with Crippen molar-refractivity contribution in [1.82, 2.24) is 57.5 Å². The SMILES string of the molecule is CC(C)c1cn(C)c2cc(CN)ccc12.CC(C)n1c(CN2CCOCC2)nc2ccccc21.COC1CN(C(=O)Cc2c(C)n(C(C)C)c3ccccc23)C1.COC1CN(C(=O)c2cc(C(C)C)n(C(C)C)n2)C1.Cc1cc2cc(F)ccc2n1C(C)C.Cc1cc2cn(C(C)C)nc2cc1C. The minimum atomic E-state index is -0.168. The van der Waals surface area contributed by atoms with Crippen molar-refractivity contribution in [2.24, 2.45) is 12.8 Å². The number of halogens is 1. The Labute approximate surface area is 610 Å². The van der Waals surface area contributed by atoms with Crippen molar-refractivity contribution < 1.29 is 28.2 Å². The van der Waals surface area contributed by atoms with Crippen LogP contribution in [0.4, 0.5) is 4.39 Å². The molecule has 6 aromatic heterocycles. The molecule has 0 spiro atoms. The number of carbonyl (C=O) groups excluding carboxylic acids is 2. The van der Waals surface area contributed by atoms with Crippen molar-refractivity contribution in [2.45, 2.75) is 198 Å². The molecule has 0 unspecified atom stereocenters. The van der Waals surface area contributed by atoms with Crippen LogP contribution in [-0.2, 0) is 45.6 Å². The van der Waals surface area contributed by atoms with Gasteiger partial charge in [0.05, 0.1) is 54.9 Å². The highest BCUT2D eigenvalue weighted by Gasteiger charge is 2.34. The largest absolute Gasteiger partial charge is 0.379 e. The van der Waals surface area contributed by atoms with Gasteiger partial charge in [0, 0.05) is 165 Å². The Morgan fingerprint density at radius 3 is 1.81 bits per heavy atom. The summed E-state index contributed by atoms with van der Waals surface area (Å²) in [5.74, 6) is 2.13. The molecule has 554 valence electrons. The van der Waals surface area contributed by atoms with Gasteiger partial charge < -0.3 is 48.0 Å². The fourth-order valence-corrected chi connectivity index (χ4v) is 14.1. The summed E-state index contributed by atoms with van der Waals surface area (Å²) in [6, 6.07) is 38.4. The molecular formula is C84H116FN13O5. The van der Waals surface area contributed by atoms with E-state index < -0.39 is 0 Å². The van der Waals surface area contributed by atoms with E-state index in [2.05, 4.69) is 250 Å². The minimum Gasteiger partial charge on any atom is -0.379 e. The number of fused-ring (bicyclic) bond motifs is 5. The maximum Gasteiger partial charge on any atom is 0.274 e. The summed E-state index contributed by atoms with van der Waals surface area (Å²) in [6.07, 6.45) is 5.20. The molecule has 9 heterocycles. The summed E-state index contributed by atoms with van der Waals surface area (Å²) < 4.78 is 41.9. The zero-order valence-electron chi connectivity index (χ0n) is 65.4. The van der Waals surface area contributed by atoms with Crippen LogP contribution in [0.1, 0.15) is 200 Å². The van der Waals surface area contributed by atoms with Crippen LogP contribution in [0.15, 0.2) is 122 Å². The molecule has 3 saturated heterocycles. The summed E-state index contributed by atoms with van der Waals surface area (Å²) in [4.78, 5) is 35.7. The average Bonchev–Trinajstić information content (AvgIpc) is 1.63. The predicted octanol–water partition coefficient (Wildman–Crippen LogP) is 17.1. The number of hydrogen-bond acceptors (Lipinski definition) is 10. The second-order valence-electron chi connectivity index (χ2n) is 30.0. The number of amides is 2. The van der Waals surface area contributed by atoms with Gasteiger partial charge in [-0.25, -0.2) is 9.37 Å². The number of carbonyl (C=O) groups is 2. The molecule has 0 atom stereocenters. The summed E-state index contributed by atoms with van der Waals surface area (Å²) in [7, 11) is 5.47. The van der Waals surface area contributed by atoms with E-state index in [-0.39, 0.29) is 35.9 Å². The number of benzene rings is 5. The quantitative estimate of drug-likeness (QED) is 0.104. The molecule has 5 aromatic carbocycles. The lowest BCUT2D eigenvalue weighted by molar-refractivity contribution is -0.142. The van der Waals surface area contributed by atoms with Gasteiger partial charge in [-0.2, -0.15) is 10.2 Å². The van der Waals surface area contributed by atoms with Crippen molar-refractivity contribution in [1.29, 1.82) is 0 Å². The Morgan fingerprint density at radius 1 is 0.592 bits per heavy atom. The summed E-state index contributed by atoms with van der Waals surface area (Å²) in [5, 5.41) is 13.8. The molecule has 14 rings (SSSR count). The van der Waals surface area contributed by atoms with E-state index in [9.17, 15) is 14.0 Å². The van der Waals surface area contributed by atoms with Gasteiger partial charge in [0.1, 0.15) is 11.6 Å². The molecule has 0 bridgehead atoms. The van der Waals surface area contributed by atoms with E-state index in [1.807, 2.05) is 38.5 Å². The number of nitrogens with two attached hydrogens (primary N) is 1. The molecule has 3 aliphatic heterocycles. The molecule has 103 heavy (non-hydrogen) atoms. The number of aryl methyl sites for hydroxylation is 4. The van der Waals surface area contributed by atoms with Crippen molar-refractivity contribution >= 4 is 66.5 Å². The number of imidazole rings is 1. The molecule has 0 aliphatic carbocycles. The molecule has 2 amide bonds. The first kappa shape index (κ1) is 78.7. The third kappa shape index (κ3) is 18.6. The maximum atomic E-state index is 13.0. The average molecular weight is 1410 g/mol. The third-order valence-electron chi connectivity index (χ3n) is 20.0. The lowest BCUT2D eigenvalue weighted by Crippen LogP contribution is -2.54. The fraction of sp³-hybridized carbons (Fsp3) is 0.488. The van der Waals surface area contributed by atoms with Gasteiger partial charge in [0.2, 0.25) is 5.91 Å². The van der Waals surface area contributed by atoms with Crippen LogP contribution < -0.4 is 5.73 Å². The van der Waals surface area contributed by atoms with Gasteiger partial charge in [-0.15, -0.1) is 0 Å². The maximum absolute atomic E-state index is 13.0. The van der Waals surface area contributed by atoms with E-state index >= 15 is 0 Å². The Bertz CT molecular complexity index is 4570. The van der Waals surface area contributed by atoms with Crippen LogP contribution in [0, 0.1) is 33.5 Å². The number of para-hydroxylation sites is 3. The number of methoxy groups -OCH3 is 2. The molecular weight excluding hydrogens is 1290 g/mol. The standard InChI is InChI=1S/C18H24N2O2.C15H21N3O.C14H23N3O2.C13H18N2.C12H14FN.C12H16N2/c1-12(2)20-13(3)16(15-7-5-6-8-17(15)20)9-18(21)19-10-14(11-19)22-4;1-12(2)18-14-6-4-3-5-13(14)16-15(18)11-17-7-9-19-10-8-17;1-9(2)13-6-12(15-17(13)10(3)4)14(18)16-7-11(8-16)19-5;1-9(2)12-8-15(3)13-6-10(7-14)4-5-11(12)13;1-8(2)14-9(3)6-10-7-11(13)4-5-12(10)14;1-8(2)14-7-11-5-9(3)10(4)6-12(11)13-14/h5-8,12,14H,9-11H2,1-4H3;3-6,12H,7-11H2,1-2H3;6,9-11H,7-8H2,1-5H3;4-6,8-9H,7,14H2,1-3H3;4-8H,1-3H3;5-8H,1-4H3. The normalized spacial score (nSPS) is 14.3. The topological polar surface area (TPSA) is 166 Å². The zero-order chi connectivity index (χ0) is 74.8. The molecule has 11 aromatic rings. The second kappa shape index (κ2) is 34.9. The Kier molecular flexibility index (Phi) is 26.6. The third-order valence-corrected chi connectivity index (χ3v) is 20.0. The van der Waals surface area contributed by atoms with Crippen molar-refractivity contribution in [2.75, 3.05) is 66.7 Å². The fourth-order valence-electron chi connectivity index (χ4n) is 14.1. The Morgan fingerprint density at radius 2 is 1.21 bits per heavy atom. The van der Waals surface area contributed by atoms with Crippen LogP contribution in [0.25, 0.3) is 54.6 Å². The molecule has 0 radical (unpaired) electrons. The second-order valence-corrected chi connectivity index (χ2v) is 30.0. The van der Waals surface area contributed by atoms with E-state index in [1.165, 1.54) is 72.4 Å². The predicted molar refractivity (Wildman–Crippen MR) is 419 cm³/mol. The lowest BCUT2D eigenvalue weighted by Gasteiger charge is -2.38. The Balaban J connectivity index is 0.000000145. The van der Waals surface area contributed by atoms with Crippen molar-refractivity contribution in [3.8, 4) is 0 Å². The highest BCUT2D eigenvalue weighted by molar-refractivity contribution is 5.93. The number of hydrogen-bond donors (Lipinski definition) is 1. The molecule has 0 saturated carbocycles. The molecule has 2 N–H and O–H groups in total. The van der Waals surface area contributed by atoms with Gasteiger partial charge in [-0.3, -0.25) is 23.9 Å². The highest BCUT2D eigenvalue weighted by Crippen LogP contribution is 2.33. The van der Waals surface area contributed by atoms with Crippen LogP contribution in [0.2, 0.25) is 0 Å². The highest BCUT2D eigenvalue weighted by atomic mass is 19.1. The Hall–Kier alpha value is -8.46. The number of nitrogens with zero attached hydrogens (tertiary/aromatic N) is 12. The van der Waals surface area contributed by atoms with Crippen LogP contribution >= 0.6 is 0 Å². The first-order chi connectivity index (χ1) is 49.0. The van der Waals surface area contributed by atoms with Gasteiger partial charge in [-0.1, -0.05) is 70.2 Å². The van der Waals surface area contributed by atoms with Gasteiger partial charge in [0.15, 0.2) is 5.69 Å². The summed E-state index contributed by atoms with van der Waals surface area (Å²) >= 11 is 0. The van der Waals surface area contributed by atoms with Crippen molar-refractivity contribution in [3.63, 3.8) is 0 Å². The number of rotatable bonds is 15. The number of likely N-dealkylation sites (tertiary alicyclic amines) is 2. The summed E-state index contributed by atoms with van der Waals surface area (Å²) in [6.45, 7) is 46.6. The minimum absolute atomic E-state index is 0.00889. The number of aromatic nitrogens is 9. The molecule has 3 fully saturated rings. The van der Waals surface area contributed by atoms with Crippen LogP contribution in [0.5, 0.6) is 0 Å². The number of ether oxygens (including phenoxy) is 3. The smallest absolute Gasteiger partial charge is 0.274 e. The first-order valence-electron chi connectivity index (χ1n) is 37.1. The van der Waals surface area contributed by atoms with Gasteiger partial charge >= 0.3 is 0 Å². The summed E-state index contributed by atoms with van der Waals surface area (Å²) in [5.41, 5.74) is 23.1. The molecule has 3 aliphatic rings. The van der Waals surface area contributed by atoms with Gasteiger partial charge in [-0.05, 0) is 203 Å². The first-order valence-corrected chi connectivity index (χ1v) is 37.1.